The van der Waals surface area contributed by atoms with Gasteiger partial charge in [-0.25, -0.2) is 4.98 Å². The van der Waals surface area contributed by atoms with Crippen molar-refractivity contribution in [2.45, 2.75) is 44.6 Å². The lowest BCUT2D eigenvalue weighted by Crippen LogP contribution is -2.40. The highest BCUT2D eigenvalue weighted by atomic mass is 35.5. The van der Waals surface area contributed by atoms with Crippen molar-refractivity contribution >= 4 is 52.5 Å². The van der Waals surface area contributed by atoms with Gasteiger partial charge in [-0.2, -0.15) is 0 Å². The fraction of sp³-hybridized carbons (Fsp3) is 0.350. The fourth-order valence-corrected chi connectivity index (χ4v) is 4.09. The van der Waals surface area contributed by atoms with Crippen molar-refractivity contribution in [3.8, 4) is 0 Å². The molecule has 0 aliphatic carbocycles. The number of aromatic nitrogens is 2. The smallest absolute Gasteiger partial charge is 0.234 e. The number of nitrogens with zero attached hydrogens (tertiary/aromatic N) is 2. The lowest BCUT2D eigenvalue weighted by Gasteiger charge is -2.24. The topological polar surface area (TPSA) is 101 Å². The Morgan fingerprint density at radius 1 is 1.17 bits per heavy atom. The highest BCUT2D eigenvalue weighted by molar-refractivity contribution is 6.36. The molecule has 3 amide bonds. The van der Waals surface area contributed by atoms with Crippen LogP contribution in [-0.2, 0) is 26.3 Å². The number of hydrogen-bond donors (Lipinski definition) is 2. The van der Waals surface area contributed by atoms with Crippen LogP contribution in [0, 0.1) is 0 Å². The maximum Gasteiger partial charge on any atom is 0.234 e. The summed E-state index contributed by atoms with van der Waals surface area (Å²) in [5, 5.41) is 6.00. The van der Waals surface area contributed by atoms with Crippen LogP contribution in [0.1, 0.15) is 49.4 Å². The number of rotatable bonds is 5. The van der Waals surface area contributed by atoms with Crippen molar-refractivity contribution in [1.29, 1.82) is 0 Å². The Kier molecular flexibility index (Phi) is 6.65. The average Bonchev–Trinajstić information content (AvgIpc) is 2.67. The molecule has 7 nitrogen and oxygen atoms in total. The van der Waals surface area contributed by atoms with Gasteiger partial charge in [0.25, 0.3) is 0 Å². The van der Waals surface area contributed by atoms with Crippen molar-refractivity contribution in [2.24, 2.45) is 0 Å². The molecule has 3 rings (SSSR count). The van der Waals surface area contributed by atoms with E-state index in [1.165, 1.54) is 12.4 Å². The fourth-order valence-electron chi connectivity index (χ4n) is 3.20. The highest BCUT2D eigenvalue weighted by Gasteiger charge is 2.33. The van der Waals surface area contributed by atoms with Gasteiger partial charge >= 0.3 is 0 Å². The number of nitrogens with one attached hydrogen (secondary N) is 2. The van der Waals surface area contributed by atoms with Crippen LogP contribution in [0.4, 0.5) is 0 Å². The van der Waals surface area contributed by atoms with Crippen LogP contribution < -0.4 is 10.6 Å². The Morgan fingerprint density at radius 2 is 1.83 bits per heavy atom. The van der Waals surface area contributed by atoms with Crippen molar-refractivity contribution in [1.82, 2.24) is 20.6 Å². The van der Waals surface area contributed by atoms with E-state index in [-0.39, 0.29) is 29.9 Å². The van der Waals surface area contributed by atoms with Gasteiger partial charge in [0.05, 0.1) is 29.4 Å². The third-order valence-corrected chi connectivity index (χ3v) is 5.83. The first-order valence-electron chi connectivity index (χ1n) is 9.17. The van der Waals surface area contributed by atoms with Gasteiger partial charge in [-0.1, -0.05) is 34.8 Å². The Bertz CT molecular complexity index is 986. The van der Waals surface area contributed by atoms with Crippen LogP contribution in [-0.4, -0.2) is 27.7 Å². The van der Waals surface area contributed by atoms with E-state index in [0.29, 0.717) is 33.3 Å². The molecule has 0 radical (unpaired) electrons. The molecular formula is C20H19Cl3N4O3. The highest BCUT2D eigenvalue weighted by Crippen LogP contribution is 2.37. The lowest BCUT2D eigenvalue weighted by atomic mass is 9.88. The van der Waals surface area contributed by atoms with Gasteiger partial charge in [0.15, 0.2) is 0 Å². The van der Waals surface area contributed by atoms with Crippen molar-refractivity contribution < 1.29 is 14.4 Å². The van der Waals surface area contributed by atoms with Gasteiger partial charge in [0.2, 0.25) is 17.7 Å². The molecule has 0 bridgehead atoms. The van der Waals surface area contributed by atoms with Crippen LogP contribution in [0.3, 0.4) is 0 Å². The molecule has 30 heavy (non-hydrogen) atoms. The minimum absolute atomic E-state index is 0.179. The first kappa shape index (κ1) is 22.5. The number of halogens is 3. The molecule has 0 saturated carbocycles. The largest absolute Gasteiger partial charge is 0.351 e. The zero-order chi connectivity index (χ0) is 22.1. The summed E-state index contributed by atoms with van der Waals surface area (Å²) in [5.74, 6) is -1.58. The molecule has 0 spiro atoms. The SMILES string of the molecule is CC(C)(C(=O)NCc1cc(Cl)c(C2CCC(=O)NC2=O)c(Cl)c1)c1cnc(Cl)cn1. The molecule has 2 N–H and O–H groups in total. The van der Waals surface area contributed by atoms with Crippen LogP contribution in [0.15, 0.2) is 24.5 Å². The summed E-state index contributed by atoms with van der Waals surface area (Å²) in [4.78, 5) is 44.4. The molecule has 1 saturated heterocycles. The van der Waals surface area contributed by atoms with Crippen LogP contribution in [0.2, 0.25) is 15.2 Å². The molecule has 10 heteroatoms. The first-order valence-corrected chi connectivity index (χ1v) is 10.3. The zero-order valence-corrected chi connectivity index (χ0v) is 18.5. The number of benzene rings is 1. The summed E-state index contributed by atoms with van der Waals surface area (Å²) in [7, 11) is 0. The summed E-state index contributed by atoms with van der Waals surface area (Å²) in [5.41, 5.74) is 0.703. The maximum absolute atomic E-state index is 12.7. The van der Waals surface area contributed by atoms with E-state index in [1.54, 1.807) is 26.0 Å². The molecule has 2 heterocycles. The van der Waals surface area contributed by atoms with E-state index >= 15 is 0 Å². The van der Waals surface area contributed by atoms with Crippen LogP contribution in [0.25, 0.3) is 0 Å². The number of carbonyl (C=O) groups is 3. The minimum atomic E-state index is -0.933. The Balaban J connectivity index is 1.73. The summed E-state index contributed by atoms with van der Waals surface area (Å²) < 4.78 is 0. The molecule has 158 valence electrons. The first-order chi connectivity index (χ1) is 14.1. The standard InChI is InChI=1S/C20H19Cl3N4O3/c1-20(2,14-8-25-15(23)9-24-14)19(30)26-7-10-5-12(21)17(13(22)6-10)11-3-4-16(28)27-18(11)29/h5-6,8-9,11H,3-4,7H2,1-2H3,(H,26,30)(H,27,28,29). The molecule has 1 aliphatic heterocycles. The van der Waals surface area contributed by atoms with Gasteiger partial charge in [0, 0.05) is 28.6 Å². The number of hydrogen-bond acceptors (Lipinski definition) is 5. The third-order valence-electron chi connectivity index (χ3n) is 5.01. The Morgan fingerprint density at radius 3 is 2.40 bits per heavy atom. The van der Waals surface area contributed by atoms with E-state index in [0.717, 1.165) is 0 Å². The molecule has 1 atom stereocenters. The van der Waals surface area contributed by atoms with Crippen LogP contribution >= 0.6 is 34.8 Å². The van der Waals surface area contributed by atoms with Gasteiger partial charge in [-0.3, -0.25) is 24.7 Å². The number of carbonyl (C=O) groups excluding carboxylic acids is 3. The quantitative estimate of drug-likeness (QED) is 0.652. The monoisotopic (exact) mass is 468 g/mol. The molecular weight excluding hydrogens is 451 g/mol. The summed E-state index contributed by atoms with van der Waals surface area (Å²) >= 11 is 18.5. The Labute approximate surface area is 188 Å². The second kappa shape index (κ2) is 8.88. The van der Waals surface area contributed by atoms with Gasteiger partial charge < -0.3 is 5.32 Å². The Hall–Kier alpha value is -2.22. The molecule has 1 aromatic heterocycles. The van der Waals surface area contributed by atoms with Crippen LogP contribution in [0.5, 0.6) is 0 Å². The van der Waals surface area contributed by atoms with Crippen molar-refractivity contribution in [2.75, 3.05) is 0 Å². The number of piperidine rings is 1. The predicted molar refractivity (Wildman–Crippen MR) is 114 cm³/mol. The number of amides is 3. The minimum Gasteiger partial charge on any atom is -0.351 e. The van der Waals surface area contributed by atoms with Gasteiger partial charge in [-0.05, 0) is 38.0 Å². The zero-order valence-electron chi connectivity index (χ0n) is 16.3. The summed E-state index contributed by atoms with van der Waals surface area (Å²) in [6.45, 7) is 3.64. The molecule has 2 aromatic rings. The molecule has 1 aromatic carbocycles. The third kappa shape index (κ3) is 4.74. The second-order valence-electron chi connectivity index (χ2n) is 7.51. The van der Waals surface area contributed by atoms with Crippen molar-refractivity contribution in [3.05, 3.63) is 56.5 Å². The van der Waals surface area contributed by atoms with Crippen molar-refractivity contribution in [3.63, 3.8) is 0 Å². The molecule has 1 fully saturated rings. The van der Waals surface area contributed by atoms with Gasteiger partial charge in [0.1, 0.15) is 5.15 Å². The second-order valence-corrected chi connectivity index (χ2v) is 8.71. The average molecular weight is 470 g/mol. The van der Waals surface area contributed by atoms with E-state index in [9.17, 15) is 14.4 Å². The maximum atomic E-state index is 12.7. The lowest BCUT2D eigenvalue weighted by molar-refractivity contribution is -0.134. The normalized spacial score (nSPS) is 16.9. The van der Waals surface area contributed by atoms with E-state index in [1.807, 2.05) is 0 Å². The van der Waals surface area contributed by atoms with E-state index < -0.39 is 17.2 Å². The van der Waals surface area contributed by atoms with E-state index in [4.69, 9.17) is 34.8 Å². The predicted octanol–water partition coefficient (Wildman–Crippen LogP) is 3.55. The van der Waals surface area contributed by atoms with E-state index in [2.05, 4.69) is 20.6 Å². The number of imide groups is 1. The summed E-state index contributed by atoms with van der Waals surface area (Å²) in [6, 6.07) is 3.31. The summed E-state index contributed by atoms with van der Waals surface area (Å²) in [6.07, 6.45) is 3.42. The van der Waals surface area contributed by atoms with Gasteiger partial charge in [-0.15, -0.1) is 0 Å². The molecule has 1 aliphatic rings. The molecule has 1 unspecified atom stereocenters.